The lowest BCUT2D eigenvalue weighted by Crippen LogP contribution is -1.94. The predicted octanol–water partition coefficient (Wildman–Crippen LogP) is 2.38. The summed E-state index contributed by atoms with van der Waals surface area (Å²) < 4.78 is 12.9. The van der Waals surface area contributed by atoms with Crippen molar-refractivity contribution < 1.29 is 4.39 Å². The highest BCUT2D eigenvalue weighted by atomic mass is 35.5. The highest BCUT2D eigenvalue weighted by molar-refractivity contribution is 6.31. The van der Waals surface area contributed by atoms with E-state index in [4.69, 9.17) is 23.2 Å². The zero-order valence-corrected chi connectivity index (χ0v) is 8.67. The lowest BCUT2D eigenvalue weighted by molar-refractivity contribution is 0.622. The summed E-state index contributed by atoms with van der Waals surface area (Å²) in [7, 11) is 0. The average Bonchev–Trinajstić information content (AvgIpc) is 2.16. The molecular weight excluding hydrogens is 242 g/mol. The molecule has 15 heavy (non-hydrogen) atoms. The molecule has 0 N–H and O–H groups in total. The first-order valence-electron chi connectivity index (χ1n) is 3.83. The van der Waals surface area contributed by atoms with Gasteiger partial charge in [-0.15, -0.1) is 0 Å². The van der Waals surface area contributed by atoms with Crippen molar-refractivity contribution in [2.45, 2.75) is 0 Å². The third kappa shape index (κ3) is 2.37. The first kappa shape index (κ1) is 10.2. The van der Waals surface area contributed by atoms with Crippen molar-refractivity contribution in [2.75, 3.05) is 0 Å². The van der Waals surface area contributed by atoms with Crippen LogP contribution in [0.25, 0.3) is 11.4 Å². The normalized spacial score (nSPS) is 10.3. The Morgan fingerprint density at radius 2 is 1.67 bits per heavy atom. The van der Waals surface area contributed by atoms with E-state index in [1.165, 1.54) is 12.3 Å². The molecule has 0 saturated carbocycles. The highest BCUT2D eigenvalue weighted by Gasteiger charge is 2.06. The van der Waals surface area contributed by atoms with E-state index >= 15 is 0 Å². The topological polar surface area (TPSA) is 51.6 Å². The van der Waals surface area contributed by atoms with E-state index in [-0.39, 0.29) is 16.4 Å². The SMILES string of the molecule is Fc1cncc(-c2nc(Cl)nc(Cl)n2)c1. The molecule has 0 aliphatic rings. The zero-order valence-electron chi connectivity index (χ0n) is 7.15. The van der Waals surface area contributed by atoms with E-state index in [1.54, 1.807) is 0 Å². The second kappa shape index (κ2) is 4.04. The summed E-state index contributed by atoms with van der Waals surface area (Å²) in [6.45, 7) is 0. The summed E-state index contributed by atoms with van der Waals surface area (Å²) in [5.74, 6) is -0.299. The summed E-state index contributed by atoms with van der Waals surface area (Å²) in [5, 5.41) is -0.0940. The van der Waals surface area contributed by atoms with Crippen LogP contribution in [0.2, 0.25) is 10.6 Å². The van der Waals surface area contributed by atoms with Crippen LogP contribution in [0.15, 0.2) is 18.5 Å². The molecule has 2 rings (SSSR count). The maximum Gasteiger partial charge on any atom is 0.227 e. The van der Waals surface area contributed by atoms with Crippen LogP contribution in [0, 0.1) is 5.82 Å². The Morgan fingerprint density at radius 3 is 2.27 bits per heavy atom. The second-order valence-electron chi connectivity index (χ2n) is 2.59. The molecule has 4 nitrogen and oxygen atoms in total. The number of nitrogens with zero attached hydrogens (tertiary/aromatic N) is 4. The molecule has 0 bridgehead atoms. The van der Waals surface area contributed by atoms with Crippen LogP contribution in [0.1, 0.15) is 0 Å². The van der Waals surface area contributed by atoms with E-state index in [0.717, 1.165) is 6.20 Å². The minimum Gasteiger partial charge on any atom is -0.261 e. The Morgan fingerprint density at radius 1 is 1.00 bits per heavy atom. The number of halogens is 3. The number of aromatic nitrogens is 4. The summed E-state index contributed by atoms with van der Waals surface area (Å²) >= 11 is 11.2. The van der Waals surface area contributed by atoms with Crippen molar-refractivity contribution in [1.29, 1.82) is 0 Å². The maximum absolute atomic E-state index is 12.9. The van der Waals surface area contributed by atoms with Gasteiger partial charge in [0.25, 0.3) is 0 Å². The fourth-order valence-corrected chi connectivity index (χ4v) is 1.35. The van der Waals surface area contributed by atoms with Gasteiger partial charge in [0.15, 0.2) is 5.82 Å². The lowest BCUT2D eigenvalue weighted by atomic mass is 10.3. The van der Waals surface area contributed by atoms with Crippen LogP contribution >= 0.6 is 23.2 Å². The summed E-state index contributed by atoms with van der Waals surface area (Å²) in [5.41, 5.74) is 0.390. The molecule has 2 heterocycles. The fraction of sp³-hybridized carbons (Fsp3) is 0. The molecule has 7 heteroatoms. The van der Waals surface area contributed by atoms with E-state index in [9.17, 15) is 4.39 Å². The van der Waals surface area contributed by atoms with Crippen molar-refractivity contribution in [2.24, 2.45) is 0 Å². The Hall–Kier alpha value is -1.33. The van der Waals surface area contributed by atoms with Crippen molar-refractivity contribution in [3.8, 4) is 11.4 Å². The van der Waals surface area contributed by atoms with Crippen LogP contribution in [0.4, 0.5) is 4.39 Å². The molecule has 0 atom stereocenters. The van der Waals surface area contributed by atoms with Crippen molar-refractivity contribution in [3.63, 3.8) is 0 Å². The van der Waals surface area contributed by atoms with Crippen LogP contribution in [0.3, 0.4) is 0 Å². The molecule has 0 aromatic carbocycles. The van der Waals surface area contributed by atoms with Crippen molar-refractivity contribution in [1.82, 2.24) is 19.9 Å². The molecule has 0 aliphatic heterocycles. The lowest BCUT2D eigenvalue weighted by Gasteiger charge is -1.99. The standard InChI is InChI=1S/C8H3Cl2FN4/c9-7-13-6(14-8(10)15-7)4-1-5(11)3-12-2-4/h1-3H. The average molecular weight is 245 g/mol. The number of hydrogen-bond acceptors (Lipinski definition) is 4. The molecule has 76 valence electrons. The van der Waals surface area contributed by atoms with Crippen LogP contribution < -0.4 is 0 Å². The predicted molar refractivity (Wildman–Crippen MR) is 53.0 cm³/mol. The second-order valence-corrected chi connectivity index (χ2v) is 3.27. The van der Waals surface area contributed by atoms with Gasteiger partial charge in [-0.25, -0.2) is 4.39 Å². The molecule has 0 spiro atoms. The fourth-order valence-electron chi connectivity index (χ4n) is 0.989. The third-order valence-electron chi connectivity index (χ3n) is 1.54. The number of rotatable bonds is 1. The van der Waals surface area contributed by atoms with Gasteiger partial charge >= 0.3 is 0 Å². The maximum atomic E-state index is 12.9. The van der Waals surface area contributed by atoms with Crippen molar-refractivity contribution >= 4 is 23.2 Å². The molecular formula is C8H3Cl2FN4. The van der Waals surface area contributed by atoms with E-state index < -0.39 is 5.82 Å². The number of hydrogen-bond donors (Lipinski definition) is 0. The molecule has 2 aromatic heterocycles. The van der Waals surface area contributed by atoms with Gasteiger partial charge in [-0.2, -0.15) is 15.0 Å². The van der Waals surface area contributed by atoms with Gasteiger partial charge in [-0.05, 0) is 29.3 Å². The molecule has 2 aromatic rings. The summed E-state index contributed by atoms with van der Waals surface area (Å²) in [4.78, 5) is 14.8. The molecule has 0 unspecified atom stereocenters. The largest absolute Gasteiger partial charge is 0.261 e. The van der Waals surface area contributed by atoms with Gasteiger partial charge in [0.05, 0.1) is 6.20 Å². The molecule has 0 amide bonds. The van der Waals surface area contributed by atoms with Crippen LogP contribution in [-0.2, 0) is 0 Å². The Labute approximate surface area is 94.1 Å². The van der Waals surface area contributed by atoms with Crippen LogP contribution in [0.5, 0.6) is 0 Å². The quantitative estimate of drug-likeness (QED) is 0.773. The minimum atomic E-state index is -0.486. The summed E-state index contributed by atoms with van der Waals surface area (Å²) in [6, 6.07) is 1.23. The number of pyridine rings is 1. The molecule has 0 fully saturated rings. The Balaban J connectivity index is 2.54. The van der Waals surface area contributed by atoms with Gasteiger partial charge < -0.3 is 0 Å². The van der Waals surface area contributed by atoms with Crippen molar-refractivity contribution in [3.05, 3.63) is 34.8 Å². The van der Waals surface area contributed by atoms with Gasteiger partial charge in [0.1, 0.15) is 5.82 Å². The summed E-state index contributed by atoms with van der Waals surface area (Å²) in [6.07, 6.45) is 2.49. The molecule has 0 aliphatic carbocycles. The smallest absolute Gasteiger partial charge is 0.227 e. The van der Waals surface area contributed by atoms with Gasteiger partial charge in [-0.1, -0.05) is 0 Å². The van der Waals surface area contributed by atoms with E-state index in [2.05, 4.69) is 19.9 Å². The minimum absolute atomic E-state index is 0.0470. The first-order valence-corrected chi connectivity index (χ1v) is 4.59. The van der Waals surface area contributed by atoms with Crippen LogP contribution in [-0.4, -0.2) is 19.9 Å². The van der Waals surface area contributed by atoms with Gasteiger partial charge in [0, 0.05) is 11.8 Å². The zero-order chi connectivity index (χ0) is 10.8. The monoisotopic (exact) mass is 244 g/mol. The third-order valence-corrected chi connectivity index (χ3v) is 1.88. The highest BCUT2D eigenvalue weighted by Crippen LogP contribution is 2.17. The molecule has 0 saturated heterocycles. The molecule has 0 radical (unpaired) electrons. The van der Waals surface area contributed by atoms with E-state index in [1.807, 2.05) is 0 Å². The van der Waals surface area contributed by atoms with Gasteiger partial charge in [0.2, 0.25) is 10.6 Å². The Bertz CT molecular complexity index is 486. The Kier molecular flexibility index (Phi) is 2.75. The van der Waals surface area contributed by atoms with E-state index in [0.29, 0.717) is 5.56 Å². The van der Waals surface area contributed by atoms with Gasteiger partial charge in [-0.3, -0.25) is 4.98 Å². The first-order chi connectivity index (χ1) is 7.15.